The molecule has 0 N–H and O–H groups in total. The second-order valence-corrected chi connectivity index (χ2v) is 4.65. The third-order valence-corrected chi connectivity index (χ3v) is 3.13. The lowest BCUT2D eigenvalue weighted by Gasteiger charge is -2.05. The number of rotatable bonds is 2. The molecule has 0 bridgehead atoms. The zero-order valence-electron chi connectivity index (χ0n) is 9.61. The Hall–Kier alpha value is -1.51. The van der Waals surface area contributed by atoms with Gasteiger partial charge in [-0.25, -0.2) is 4.79 Å². The molecule has 0 aromatic heterocycles. The molecule has 0 atom stereocenters. The average Bonchev–Trinajstić information content (AvgIpc) is 2.34. The largest absolute Gasteiger partial charge is 0.423 e. The second-order valence-electron chi connectivity index (χ2n) is 3.83. The van der Waals surface area contributed by atoms with Crippen molar-refractivity contribution in [2.45, 2.75) is 6.92 Å². The number of halogens is 2. The minimum Gasteiger partial charge on any atom is -0.423 e. The quantitative estimate of drug-likeness (QED) is 0.597. The standard InChI is InChI=1S/C14H10Cl2O2/c1-9-2-4-10(5-3-9)14(17)18-11-6-7-12(15)13(16)8-11/h2-8H,1H3. The first-order valence-electron chi connectivity index (χ1n) is 5.30. The van der Waals surface area contributed by atoms with Crippen molar-refractivity contribution in [3.8, 4) is 5.75 Å². The maximum atomic E-state index is 11.8. The summed E-state index contributed by atoms with van der Waals surface area (Å²) in [5.74, 6) is -0.0524. The van der Waals surface area contributed by atoms with Crippen LogP contribution in [0, 0.1) is 6.92 Å². The fourth-order valence-electron chi connectivity index (χ4n) is 1.40. The highest BCUT2D eigenvalue weighted by atomic mass is 35.5. The van der Waals surface area contributed by atoms with Gasteiger partial charge in [0, 0.05) is 6.07 Å². The Morgan fingerprint density at radius 3 is 2.28 bits per heavy atom. The maximum absolute atomic E-state index is 11.8. The molecule has 0 aliphatic heterocycles. The minimum absolute atomic E-state index is 0.353. The van der Waals surface area contributed by atoms with Gasteiger partial charge in [0.25, 0.3) is 0 Å². The molecular weight excluding hydrogens is 271 g/mol. The number of carbonyl (C=O) groups is 1. The van der Waals surface area contributed by atoms with E-state index in [2.05, 4.69) is 0 Å². The van der Waals surface area contributed by atoms with Crippen LogP contribution in [0.25, 0.3) is 0 Å². The first kappa shape index (κ1) is 12.9. The molecule has 2 nitrogen and oxygen atoms in total. The van der Waals surface area contributed by atoms with Crippen LogP contribution in [0.15, 0.2) is 42.5 Å². The van der Waals surface area contributed by atoms with Crippen LogP contribution in [0.5, 0.6) is 5.75 Å². The number of hydrogen-bond acceptors (Lipinski definition) is 2. The number of ether oxygens (including phenoxy) is 1. The summed E-state index contributed by atoms with van der Waals surface area (Å²) in [6, 6.07) is 11.8. The molecule has 0 unspecified atom stereocenters. The number of hydrogen-bond donors (Lipinski definition) is 0. The van der Waals surface area contributed by atoms with Crippen molar-refractivity contribution in [1.29, 1.82) is 0 Å². The van der Waals surface area contributed by atoms with Crippen LogP contribution < -0.4 is 4.74 Å². The number of aryl methyl sites for hydroxylation is 1. The highest BCUT2D eigenvalue weighted by molar-refractivity contribution is 6.42. The summed E-state index contributed by atoms with van der Waals surface area (Å²) in [5.41, 5.74) is 1.58. The average molecular weight is 281 g/mol. The fraction of sp³-hybridized carbons (Fsp3) is 0.0714. The van der Waals surface area contributed by atoms with Crippen LogP contribution >= 0.6 is 23.2 Å². The van der Waals surface area contributed by atoms with E-state index in [9.17, 15) is 4.79 Å². The fourth-order valence-corrected chi connectivity index (χ4v) is 1.68. The zero-order chi connectivity index (χ0) is 13.1. The Balaban J connectivity index is 2.16. The molecule has 0 saturated heterocycles. The van der Waals surface area contributed by atoms with E-state index >= 15 is 0 Å². The number of esters is 1. The van der Waals surface area contributed by atoms with E-state index in [1.54, 1.807) is 24.3 Å². The van der Waals surface area contributed by atoms with E-state index in [-0.39, 0.29) is 0 Å². The zero-order valence-corrected chi connectivity index (χ0v) is 11.1. The molecule has 0 heterocycles. The van der Waals surface area contributed by atoms with Gasteiger partial charge in [-0.3, -0.25) is 0 Å². The van der Waals surface area contributed by atoms with Crippen molar-refractivity contribution in [2.75, 3.05) is 0 Å². The summed E-state index contributed by atoms with van der Waals surface area (Å²) in [5, 5.41) is 0.776. The van der Waals surface area contributed by atoms with Gasteiger partial charge < -0.3 is 4.74 Å². The van der Waals surface area contributed by atoms with Crippen molar-refractivity contribution in [3.05, 3.63) is 63.6 Å². The van der Waals surface area contributed by atoms with E-state index in [1.165, 1.54) is 6.07 Å². The van der Waals surface area contributed by atoms with Crippen molar-refractivity contribution < 1.29 is 9.53 Å². The molecule has 0 amide bonds. The van der Waals surface area contributed by atoms with Crippen LogP contribution in [0.3, 0.4) is 0 Å². The van der Waals surface area contributed by atoms with Crippen LogP contribution in [-0.4, -0.2) is 5.97 Å². The first-order valence-corrected chi connectivity index (χ1v) is 6.06. The predicted molar refractivity (Wildman–Crippen MR) is 72.6 cm³/mol. The Morgan fingerprint density at radius 1 is 1.00 bits per heavy atom. The second kappa shape index (κ2) is 5.42. The van der Waals surface area contributed by atoms with Crippen LogP contribution in [0.2, 0.25) is 10.0 Å². The van der Waals surface area contributed by atoms with Crippen LogP contribution in [0.4, 0.5) is 0 Å². The Kier molecular flexibility index (Phi) is 3.90. The van der Waals surface area contributed by atoms with Crippen molar-refractivity contribution in [3.63, 3.8) is 0 Å². The lowest BCUT2D eigenvalue weighted by atomic mass is 10.1. The Morgan fingerprint density at radius 2 is 1.67 bits per heavy atom. The van der Waals surface area contributed by atoms with E-state index in [0.29, 0.717) is 21.4 Å². The highest BCUT2D eigenvalue weighted by Gasteiger charge is 2.09. The van der Waals surface area contributed by atoms with Crippen molar-refractivity contribution in [2.24, 2.45) is 0 Å². The lowest BCUT2D eigenvalue weighted by Crippen LogP contribution is -2.08. The monoisotopic (exact) mass is 280 g/mol. The normalized spacial score (nSPS) is 10.2. The van der Waals surface area contributed by atoms with Gasteiger partial charge in [0.1, 0.15) is 5.75 Å². The van der Waals surface area contributed by atoms with Gasteiger partial charge in [0.15, 0.2) is 0 Å². The third-order valence-electron chi connectivity index (χ3n) is 2.39. The van der Waals surface area contributed by atoms with E-state index in [0.717, 1.165) is 5.56 Å². The molecule has 0 radical (unpaired) electrons. The van der Waals surface area contributed by atoms with Gasteiger partial charge in [0.2, 0.25) is 0 Å². The molecule has 18 heavy (non-hydrogen) atoms. The van der Waals surface area contributed by atoms with Gasteiger partial charge in [0.05, 0.1) is 15.6 Å². The van der Waals surface area contributed by atoms with Gasteiger partial charge in [-0.15, -0.1) is 0 Å². The van der Waals surface area contributed by atoms with Gasteiger partial charge in [-0.1, -0.05) is 40.9 Å². The molecule has 0 fully saturated rings. The van der Waals surface area contributed by atoms with E-state index in [1.807, 2.05) is 19.1 Å². The van der Waals surface area contributed by atoms with Crippen molar-refractivity contribution >= 4 is 29.2 Å². The Bertz CT molecular complexity index is 577. The molecule has 2 aromatic rings. The number of benzene rings is 2. The highest BCUT2D eigenvalue weighted by Crippen LogP contribution is 2.26. The smallest absolute Gasteiger partial charge is 0.343 e. The summed E-state index contributed by atoms with van der Waals surface area (Å²) in [6.45, 7) is 1.95. The van der Waals surface area contributed by atoms with Gasteiger partial charge in [-0.2, -0.15) is 0 Å². The molecular formula is C14H10Cl2O2. The third kappa shape index (κ3) is 3.03. The topological polar surface area (TPSA) is 26.3 Å². The van der Waals surface area contributed by atoms with Crippen molar-refractivity contribution in [1.82, 2.24) is 0 Å². The molecule has 0 aliphatic carbocycles. The van der Waals surface area contributed by atoms with Gasteiger partial charge in [-0.05, 0) is 31.2 Å². The molecule has 2 rings (SSSR count). The molecule has 0 saturated carbocycles. The SMILES string of the molecule is Cc1ccc(C(=O)Oc2ccc(Cl)c(Cl)c2)cc1. The Labute approximate surface area is 115 Å². The summed E-state index contributed by atoms with van der Waals surface area (Å²) >= 11 is 11.6. The predicted octanol–water partition coefficient (Wildman–Crippen LogP) is 4.52. The summed E-state index contributed by atoms with van der Waals surface area (Å²) in [4.78, 5) is 11.8. The molecule has 92 valence electrons. The molecule has 4 heteroatoms. The van der Waals surface area contributed by atoms with E-state index in [4.69, 9.17) is 27.9 Å². The summed E-state index contributed by atoms with van der Waals surface area (Å²) in [6.07, 6.45) is 0. The molecule has 0 spiro atoms. The molecule has 2 aromatic carbocycles. The first-order chi connectivity index (χ1) is 8.56. The summed E-state index contributed by atoms with van der Waals surface area (Å²) < 4.78 is 5.19. The maximum Gasteiger partial charge on any atom is 0.343 e. The number of carbonyl (C=O) groups excluding carboxylic acids is 1. The van der Waals surface area contributed by atoms with E-state index < -0.39 is 5.97 Å². The summed E-state index contributed by atoms with van der Waals surface area (Å²) in [7, 11) is 0. The molecule has 0 aliphatic rings. The van der Waals surface area contributed by atoms with Crippen LogP contribution in [-0.2, 0) is 0 Å². The van der Waals surface area contributed by atoms with Gasteiger partial charge >= 0.3 is 5.97 Å². The minimum atomic E-state index is -0.423. The lowest BCUT2D eigenvalue weighted by molar-refractivity contribution is 0.0735. The van der Waals surface area contributed by atoms with Crippen LogP contribution in [0.1, 0.15) is 15.9 Å².